The third-order valence-electron chi connectivity index (χ3n) is 2.99. The number of hydrogen-bond acceptors (Lipinski definition) is 3. The Labute approximate surface area is 114 Å². The third-order valence-corrected chi connectivity index (χ3v) is 4.19. The van der Waals surface area contributed by atoms with Gasteiger partial charge in [-0.3, -0.25) is 4.79 Å². The van der Waals surface area contributed by atoms with Crippen molar-refractivity contribution < 1.29 is 9.18 Å². The van der Waals surface area contributed by atoms with Crippen molar-refractivity contribution in [2.75, 3.05) is 0 Å². The monoisotopic (exact) mass is 276 g/mol. The van der Waals surface area contributed by atoms with Crippen LogP contribution in [0.5, 0.6) is 0 Å². The van der Waals surface area contributed by atoms with Crippen LogP contribution in [0.15, 0.2) is 24.3 Å². The highest BCUT2D eigenvalue weighted by Crippen LogP contribution is 2.29. The molecule has 2 aromatic rings. The summed E-state index contributed by atoms with van der Waals surface area (Å²) in [7, 11) is 0. The number of amides is 1. The second-order valence-corrected chi connectivity index (χ2v) is 5.69. The van der Waals surface area contributed by atoms with Gasteiger partial charge in [-0.05, 0) is 31.9 Å². The molecule has 3 nitrogen and oxygen atoms in total. The Morgan fingerprint density at radius 1 is 1.47 bits per heavy atom. The Hall–Kier alpha value is -1.75. The molecule has 1 N–H and O–H groups in total. The van der Waals surface area contributed by atoms with Gasteiger partial charge in [0.1, 0.15) is 15.7 Å². The van der Waals surface area contributed by atoms with E-state index in [2.05, 4.69) is 10.3 Å². The molecule has 0 bridgehead atoms. The summed E-state index contributed by atoms with van der Waals surface area (Å²) in [6, 6.07) is 6.59. The topological polar surface area (TPSA) is 42.0 Å². The molecule has 0 saturated heterocycles. The highest BCUT2D eigenvalue weighted by atomic mass is 32.1. The Kier molecular flexibility index (Phi) is 3.06. The van der Waals surface area contributed by atoms with Gasteiger partial charge in [0.2, 0.25) is 0 Å². The maximum absolute atomic E-state index is 13.2. The van der Waals surface area contributed by atoms with Gasteiger partial charge in [0.25, 0.3) is 5.91 Å². The first-order valence-corrected chi connectivity index (χ1v) is 6.99. The summed E-state index contributed by atoms with van der Waals surface area (Å²) in [4.78, 5) is 17.0. The molecule has 0 aliphatic heterocycles. The van der Waals surface area contributed by atoms with E-state index in [1.165, 1.54) is 23.5 Å². The lowest BCUT2D eigenvalue weighted by molar-refractivity contribution is 0.0954. The predicted molar refractivity (Wildman–Crippen MR) is 72.7 cm³/mol. The number of nitrogens with zero attached hydrogens (tertiary/aromatic N) is 1. The number of nitrogens with one attached hydrogen (secondary N) is 1. The van der Waals surface area contributed by atoms with Gasteiger partial charge < -0.3 is 5.32 Å². The van der Waals surface area contributed by atoms with E-state index in [1.807, 2.05) is 0 Å². The molecule has 1 aromatic carbocycles. The van der Waals surface area contributed by atoms with Crippen molar-refractivity contribution in [2.24, 2.45) is 0 Å². The molecule has 0 atom stereocenters. The van der Waals surface area contributed by atoms with Crippen molar-refractivity contribution in [1.29, 1.82) is 0 Å². The van der Waals surface area contributed by atoms with E-state index < -0.39 is 0 Å². The van der Waals surface area contributed by atoms with Crippen LogP contribution < -0.4 is 5.32 Å². The number of aryl methyl sites for hydroxylation is 1. The predicted octanol–water partition coefficient (Wildman–Crippen LogP) is 3.15. The minimum absolute atomic E-state index is 0.0693. The van der Waals surface area contributed by atoms with Gasteiger partial charge in [-0.2, -0.15) is 0 Å². The van der Waals surface area contributed by atoms with Gasteiger partial charge in [-0.25, -0.2) is 9.37 Å². The zero-order chi connectivity index (χ0) is 13.4. The van der Waals surface area contributed by atoms with E-state index in [9.17, 15) is 9.18 Å². The molecule has 0 radical (unpaired) electrons. The van der Waals surface area contributed by atoms with Crippen molar-refractivity contribution in [3.05, 3.63) is 40.7 Å². The minimum atomic E-state index is -0.297. The lowest BCUT2D eigenvalue weighted by Crippen LogP contribution is -2.25. The van der Waals surface area contributed by atoms with Crippen molar-refractivity contribution in [3.8, 4) is 10.6 Å². The summed E-state index contributed by atoms with van der Waals surface area (Å²) in [5.41, 5.74) is 1.40. The average molecular weight is 276 g/mol. The highest BCUT2D eigenvalue weighted by Gasteiger charge is 2.26. The quantitative estimate of drug-likeness (QED) is 0.935. The molecule has 5 heteroatoms. The number of aromatic nitrogens is 1. The Balaban J connectivity index is 1.89. The molecule has 1 amide bonds. The number of halogens is 1. The van der Waals surface area contributed by atoms with E-state index >= 15 is 0 Å². The zero-order valence-corrected chi connectivity index (χ0v) is 11.3. The standard InChI is InChI=1S/C14H13FN2OS/c1-8-12(13(18)17-11-5-6-11)19-14(16-8)9-3-2-4-10(15)7-9/h2-4,7,11H,5-6H2,1H3,(H,17,18). The van der Waals surface area contributed by atoms with Crippen molar-refractivity contribution in [1.82, 2.24) is 10.3 Å². The number of thiazole rings is 1. The molecule has 19 heavy (non-hydrogen) atoms. The number of rotatable bonds is 3. The van der Waals surface area contributed by atoms with Gasteiger partial charge in [0.15, 0.2) is 0 Å². The van der Waals surface area contributed by atoms with Crippen LogP contribution in [0, 0.1) is 12.7 Å². The van der Waals surface area contributed by atoms with Crippen LogP contribution in [0.3, 0.4) is 0 Å². The molecular weight excluding hydrogens is 263 g/mol. The average Bonchev–Trinajstić information content (AvgIpc) is 3.09. The summed E-state index contributed by atoms with van der Waals surface area (Å²) >= 11 is 1.31. The molecular formula is C14H13FN2OS. The number of carbonyl (C=O) groups is 1. The normalized spacial score (nSPS) is 14.4. The van der Waals surface area contributed by atoms with Gasteiger partial charge in [0.05, 0.1) is 5.69 Å². The molecule has 1 saturated carbocycles. The summed E-state index contributed by atoms with van der Waals surface area (Å²) in [6.07, 6.45) is 2.11. The van der Waals surface area contributed by atoms with E-state index in [0.717, 1.165) is 12.8 Å². The summed E-state index contributed by atoms with van der Waals surface area (Å²) in [5.74, 6) is -0.366. The van der Waals surface area contributed by atoms with Crippen molar-refractivity contribution >= 4 is 17.2 Å². The van der Waals surface area contributed by atoms with Crippen LogP contribution in [0.4, 0.5) is 4.39 Å². The van der Waals surface area contributed by atoms with Gasteiger partial charge in [-0.1, -0.05) is 12.1 Å². The van der Waals surface area contributed by atoms with Gasteiger partial charge in [-0.15, -0.1) is 11.3 Å². The number of benzene rings is 1. The SMILES string of the molecule is Cc1nc(-c2cccc(F)c2)sc1C(=O)NC1CC1. The largest absolute Gasteiger partial charge is 0.349 e. The second-order valence-electron chi connectivity index (χ2n) is 4.69. The van der Waals surface area contributed by atoms with E-state index in [-0.39, 0.29) is 11.7 Å². The first-order valence-electron chi connectivity index (χ1n) is 6.18. The second kappa shape index (κ2) is 4.74. The van der Waals surface area contributed by atoms with Crippen LogP contribution in [-0.2, 0) is 0 Å². The number of carbonyl (C=O) groups excluding carboxylic acids is 1. The van der Waals surface area contributed by atoms with Gasteiger partial charge >= 0.3 is 0 Å². The maximum atomic E-state index is 13.2. The number of hydrogen-bond donors (Lipinski definition) is 1. The van der Waals surface area contributed by atoms with E-state index in [1.54, 1.807) is 19.1 Å². The lowest BCUT2D eigenvalue weighted by atomic mass is 10.2. The third kappa shape index (κ3) is 2.66. The molecule has 98 valence electrons. The molecule has 1 aromatic heterocycles. The zero-order valence-electron chi connectivity index (χ0n) is 10.4. The van der Waals surface area contributed by atoms with Crippen LogP contribution in [-0.4, -0.2) is 16.9 Å². The molecule has 3 rings (SSSR count). The highest BCUT2D eigenvalue weighted by molar-refractivity contribution is 7.17. The van der Waals surface area contributed by atoms with Crippen LogP contribution >= 0.6 is 11.3 Å². The first kappa shape index (κ1) is 12.3. The molecule has 1 fully saturated rings. The fraction of sp³-hybridized carbons (Fsp3) is 0.286. The van der Waals surface area contributed by atoms with Crippen LogP contribution in [0.25, 0.3) is 10.6 Å². The smallest absolute Gasteiger partial charge is 0.263 e. The Morgan fingerprint density at radius 2 is 2.26 bits per heavy atom. The van der Waals surface area contributed by atoms with E-state index in [4.69, 9.17) is 0 Å². The Morgan fingerprint density at radius 3 is 2.95 bits per heavy atom. The lowest BCUT2D eigenvalue weighted by Gasteiger charge is -1.99. The molecule has 0 unspecified atom stereocenters. The van der Waals surface area contributed by atoms with Crippen molar-refractivity contribution in [3.63, 3.8) is 0 Å². The summed E-state index contributed by atoms with van der Waals surface area (Å²) in [6.45, 7) is 1.81. The van der Waals surface area contributed by atoms with Crippen LogP contribution in [0.2, 0.25) is 0 Å². The molecule has 1 heterocycles. The first-order chi connectivity index (χ1) is 9.13. The van der Waals surface area contributed by atoms with E-state index in [0.29, 0.717) is 27.2 Å². The Bertz CT molecular complexity index is 634. The fourth-order valence-corrected chi connectivity index (χ4v) is 2.80. The molecule has 1 aliphatic rings. The van der Waals surface area contributed by atoms with Crippen LogP contribution in [0.1, 0.15) is 28.2 Å². The fourth-order valence-electron chi connectivity index (χ4n) is 1.83. The maximum Gasteiger partial charge on any atom is 0.263 e. The van der Waals surface area contributed by atoms with Gasteiger partial charge in [0, 0.05) is 11.6 Å². The molecule has 1 aliphatic carbocycles. The summed E-state index contributed by atoms with van der Waals surface area (Å²) < 4.78 is 13.2. The van der Waals surface area contributed by atoms with Crippen molar-refractivity contribution in [2.45, 2.75) is 25.8 Å². The molecule has 0 spiro atoms. The minimum Gasteiger partial charge on any atom is -0.349 e. The summed E-state index contributed by atoms with van der Waals surface area (Å²) in [5, 5.41) is 3.62.